The van der Waals surface area contributed by atoms with E-state index in [0.717, 1.165) is 19.3 Å². The Bertz CT molecular complexity index is 167. The summed E-state index contributed by atoms with van der Waals surface area (Å²) in [6.07, 6.45) is -3.73. The molecule has 1 aliphatic carbocycles. The van der Waals surface area contributed by atoms with Gasteiger partial charge in [0, 0.05) is 12.6 Å². The number of hydrogen-bond acceptors (Lipinski definition) is 2. The molecule has 0 aromatic carbocycles. The highest BCUT2D eigenvalue weighted by atomic mass is 19.4. The molecule has 5 heteroatoms. The number of likely N-dealkylation sites (N-methyl/N-ethyl adjacent to an activating group) is 1. The number of aliphatic hydroxyl groups is 1. The second-order valence-corrected chi connectivity index (χ2v) is 3.58. The topological polar surface area (TPSA) is 23.5 Å². The molecule has 1 fully saturated rings. The van der Waals surface area contributed by atoms with Gasteiger partial charge in [0.2, 0.25) is 0 Å². The van der Waals surface area contributed by atoms with Gasteiger partial charge in [0.25, 0.3) is 0 Å². The Morgan fingerprint density at radius 3 is 2.31 bits per heavy atom. The fourth-order valence-corrected chi connectivity index (χ4v) is 1.35. The minimum absolute atomic E-state index is 0.233. The Kier molecular flexibility index (Phi) is 3.18. The molecule has 1 unspecified atom stereocenters. The molecule has 1 aliphatic rings. The number of hydrogen-bond donors (Lipinski definition) is 1. The molecule has 0 amide bonds. The van der Waals surface area contributed by atoms with Crippen LogP contribution < -0.4 is 0 Å². The van der Waals surface area contributed by atoms with Crippen molar-refractivity contribution >= 4 is 0 Å². The van der Waals surface area contributed by atoms with Crippen LogP contribution in [0.1, 0.15) is 19.3 Å². The lowest BCUT2D eigenvalue weighted by Crippen LogP contribution is -2.45. The van der Waals surface area contributed by atoms with Gasteiger partial charge in [-0.3, -0.25) is 0 Å². The molecule has 0 aliphatic heterocycles. The lowest BCUT2D eigenvalue weighted by atomic mass is 9.92. The summed E-state index contributed by atoms with van der Waals surface area (Å²) in [4.78, 5) is 1.58. The first kappa shape index (κ1) is 10.8. The molecule has 0 aromatic rings. The molecule has 0 heterocycles. The lowest BCUT2D eigenvalue weighted by Gasteiger charge is -2.36. The van der Waals surface area contributed by atoms with Crippen LogP contribution in [0, 0.1) is 0 Å². The van der Waals surface area contributed by atoms with Crippen LogP contribution >= 0.6 is 0 Å². The van der Waals surface area contributed by atoms with E-state index in [1.807, 2.05) is 0 Å². The smallest absolute Gasteiger partial charge is 0.382 e. The van der Waals surface area contributed by atoms with E-state index in [1.165, 1.54) is 0 Å². The van der Waals surface area contributed by atoms with E-state index in [9.17, 15) is 13.2 Å². The first-order valence-corrected chi connectivity index (χ1v) is 4.36. The van der Waals surface area contributed by atoms with E-state index in [-0.39, 0.29) is 12.6 Å². The van der Waals surface area contributed by atoms with Gasteiger partial charge < -0.3 is 10.0 Å². The summed E-state index contributed by atoms with van der Waals surface area (Å²) >= 11 is 0. The second-order valence-electron chi connectivity index (χ2n) is 3.58. The van der Waals surface area contributed by atoms with Gasteiger partial charge in [-0.25, -0.2) is 0 Å². The fraction of sp³-hybridized carbons (Fsp3) is 1.00. The highest BCUT2D eigenvalue weighted by Crippen LogP contribution is 2.26. The number of aliphatic hydroxyl groups excluding tert-OH is 1. The monoisotopic (exact) mass is 197 g/mol. The summed E-state index contributed by atoms with van der Waals surface area (Å²) in [5.74, 6) is 0. The number of halogens is 3. The Balaban J connectivity index is 2.30. The van der Waals surface area contributed by atoms with E-state index in [1.54, 1.807) is 11.9 Å². The molecule has 1 rings (SSSR count). The van der Waals surface area contributed by atoms with Crippen molar-refractivity contribution in [2.45, 2.75) is 37.6 Å². The van der Waals surface area contributed by atoms with Crippen LogP contribution in [0.4, 0.5) is 13.2 Å². The Morgan fingerprint density at radius 2 is 2.00 bits per heavy atom. The van der Waals surface area contributed by atoms with Crippen molar-refractivity contribution in [1.82, 2.24) is 4.90 Å². The molecule has 1 N–H and O–H groups in total. The number of alkyl halides is 3. The average molecular weight is 197 g/mol. The number of nitrogens with zero attached hydrogens (tertiary/aromatic N) is 1. The minimum Gasteiger partial charge on any atom is -0.382 e. The summed E-state index contributed by atoms with van der Waals surface area (Å²) in [6, 6.07) is 0.233. The maximum atomic E-state index is 11.9. The van der Waals surface area contributed by atoms with Crippen LogP contribution in [-0.2, 0) is 0 Å². The van der Waals surface area contributed by atoms with E-state index < -0.39 is 12.3 Å². The summed E-state index contributed by atoms with van der Waals surface area (Å²) in [5, 5.41) is 8.76. The Morgan fingerprint density at radius 1 is 1.46 bits per heavy atom. The molecule has 1 atom stereocenters. The molecular formula is C8H14F3NO. The first-order chi connectivity index (χ1) is 5.91. The summed E-state index contributed by atoms with van der Waals surface area (Å²) < 4.78 is 35.8. The van der Waals surface area contributed by atoms with Gasteiger partial charge >= 0.3 is 6.18 Å². The molecule has 0 aromatic heterocycles. The summed E-state index contributed by atoms with van der Waals surface area (Å²) in [7, 11) is 1.62. The third kappa shape index (κ3) is 2.84. The minimum atomic E-state index is -4.49. The zero-order chi connectivity index (χ0) is 10.1. The normalized spacial score (nSPS) is 21.7. The summed E-state index contributed by atoms with van der Waals surface area (Å²) in [6.45, 7) is -0.311. The Hall–Kier alpha value is -0.290. The molecule has 2 nitrogen and oxygen atoms in total. The van der Waals surface area contributed by atoms with Crippen LogP contribution in [0.5, 0.6) is 0 Å². The third-order valence-electron chi connectivity index (χ3n) is 2.54. The first-order valence-electron chi connectivity index (χ1n) is 4.36. The molecular weight excluding hydrogens is 183 g/mol. The van der Waals surface area contributed by atoms with Crippen molar-refractivity contribution < 1.29 is 18.3 Å². The van der Waals surface area contributed by atoms with Crippen LogP contribution in [0.2, 0.25) is 0 Å². The van der Waals surface area contributed by atoms with E-state index in [4.69, 9.17) is 5.11 Å². The van der Waals surface area contributed by atoms with Crippen molar-refractivity contribution in [2.75, 3.05) is 13.6 Å². The SMILES string of the molecule is CN(CC(O)C(F)(F)F)C1CCC1. The Labute approximate surface area is 75.3 Å². The van der Waals surface area contributed by atoms with Gasteiger partial charge in [0.15, 0.2) is 6.10 Å². The van der Waals surface area contributed by atoms with Gasteiger partial charge in [-0.1, -0.05) is 6.42 Å². The van der Waals surface area contributed by atoms with E-state index in [0.29, 0.717) is 0 Å². The molecule has 0 radical (unpaired) electrons. The maximum Gasteiger partial charge on any atom is 0.415 e. The lowest BCUT2D eigenvalue weighted by molar-refractivity contribution is -0.209. The molecule has 78 valence electrons. The van der Waals surface area contributed by atoms with Crippen LogP contribution in [-0.4, -0.2) is 41.9 Å². The molecule has 0 saturated heterocycles. The van der Waals surface area contributed by atoms with Crippen LogP contribution in [0.3, 0.4) is 0 Å². The van der Waals surface area contributed by atoms with Crippen molar-refractivity contribution in [3.8, 4) is 0 Å². The van der Waals surface area contributed by atoms with Gasteiger partial charge in [-0.05, 0) is 19.9 Å². The van der Waals surface area contributed by atoms with Crippen molar-refractivity contribution in [1.29, 1.82) is 0 Å². The zero-order valence-corrected chi connectivity index (χ0v) is 7.51. The molecule has 0 spiro atoms. The molecule has 13 heavy (non-hydrogen) atoms. The number of rotatable bonds is 3. The highest BCUT2D eigenvalue weighted by molar-refractivity contribution is 4.80. The van der Waals surface area contributed by atoms with Crippen LogP contribution in [0.25, 0.3) is 0 Å². The van der Waals surface area contributed by atoms with Crippen molar-refractivity contribution in [3.05, 3.63) is 0 Å². The molecule has 0 bridgehead atoms. The standard InChI is InChI=1S/C8H14F3NO/c1-12(6-3-2-4-6)5-7(13)8(9,10)11/h6-7,13H,2-5H2,1H3. The average Bonchev–Trinajstić information content (AvgIpc) is 1.79. The largest absolute Gasteiger partial charge is 0.415 e. The quantitative estimate of drug-likeness (QED) is 0.739. The zero-order valence-electron chi connectivity index (χ0n) is 7.51. The third-order valence-corrected chi connectivity index (χ3v) is 2.54. The van der Waals surface area contributed by atoms with Gasteiger partial charge in [-0.15, -0.1) is 0 Å². The van der Waals surface area contributed by atoms with Crippen molar-refractivity contribution in [2.24, 2.45) is 0 Å². The van der Waals surface area contributed by atoms with Gasteiger partial charge in [0.05, 0.1) is 0 Å². The van der Waals surface area contributed by atoms with Gasteiger partial charge in [-0.2, -0.15) is 13.2 Å². The molecule has 1 saturated carbocycles. The maximum absolute atomic E-state index is 11.9. The fourth-order valence-electron chi connectivity index (χ4n) is 1.35. The van der Waals surface area contributed by atoms with Crippen molar-refractivity contribution in [3.63, 3.8) is 0 Å². The predicted octanol–water partition coefficient (Wildman–Crippen LogP) is 1.39. The highest BCUT2D eigenvalue weighted by Gasteiger charge is 2.39. The van der Waals surface area contributed by atoms with Gasteiger partial charge in [0.1, 0.15) is 0 Å². The van der Waals surface area contributed by atoms with Crippen LogP contribution in [0.15, 0.2) is 0 Å². The predicted molar refractivity (Wildman–Crippen MR) is 42.3 cm³/mol. The van der Waals surface area contributed by atoms with E-state index >= 15 is 0 Å². The second kappa shape index (κ2) is 3.84. The van der Waals surface area contributed by atoms with E-state index in [2.05, 4.69) is 0 Å². The summed E-state index contributed by atoms with van der Waals surface area (Å²) in [5.41, 5.74) is 0.